The number of nitrogens with zero attached hydrogens (tertiary/aromatic N) is 4. The van der Waals surface area contributed by atoms with Crippen LogP contribution in [-0.4, -0.2) is 23.4 Å². The monoisotopic (exact) mass is 324 g/mol. The molecule has 0 amide bonds. The summed E-state index contributed by atoms with van der Waals surface area (Å²) in [4.78, 5) is 2.20. The van der Waals surface area contributed by atoms with Gasteiger partial charge in [-0.25, -0.2) is 0 Å². The van der Waals surface area contributed by atoms with Crippen molar-refractivity contribution >= 4 is 5.69 Å². The van der Waals surface area contributed by atoms with Crippen LogP contribution in [0.1, 0.15) is 50.7 Å². The third kappa shape index (κ3) is 4.17. The van der Waals surface area contributed by atoms with Gasteiger partial charge in [0.1, 0.15) is 0 Å². The minimum absolute atomic E-state index is 0.788. The predicted octanol–water partition coefficient (Wildman–Crippen LogP) is 4.54. The van der Waals surface area contributed by atoms with Crippen molar-refractivity contribution in [1.82, 2.24) is 9.78 Å². The maximum Gasteiger partial charge on any atom is 0.0995 e. The van der Waals surface area contributed by atoms with E-state index in [-0.39, 0.29) is 0 Å². The molecule has 0 bridgehead atoms. The molecule has 2 heterocycles. The number of fused-ring (bicyclic) bond motifs is 1. The number of aromatic nitrogens is 2. The van der Waals surface area contributed by atoms with Crippen molar-refractivity contribution in [2.75, 3.05) is 18.5 Å². The van der Waals surface area contributed by atoms with E-state index in [0.29, 0.717) is 0 Å². The van der Waals surface area contributed by atoms with Crippen molar-refractivity contribution < 1.29 is 0 Å². The van der Waals surface area contributed by atoms with Gasteiger partial charge in [-0.2, -0.15) is 10.4 Å². The lowest BCUT2D eigenvalue weighted by Crippen LogP contribution is -2.12. The van der Waals surface area contributed by atoms with Crippen LogP contribution < -0.4 is 4.90 Å². The fraction of sp³-hybridized carbons (Fsp3) is 0.500. The van der Waals surface area contributed by atoms with Crippen LogP contribution in [0.5, 0.6) is 0 Å². The average Bonchev–Trinajstić information content (AvgIpc) is 3.19. The summed E-state index contributed by atoms with van der Waals surface area (Å²) >= 11 is 0. The maximum atomic E-state index is 9.28. The van der Waals surface area contributed by atoms with Gasteiger partial charge in [0.15, 0.2) is 0 Å². The van der Waals surface area contributed by atoms with Gasteiger partial charge in [0.2, 0.25) is 0 Å². The number of rotatable bonds is 4. The minimum Gasteiger partial charge on any atom is -0.374 e. The molecule has 1 aromatic carbocycles. The molecule has 0 N–H and O–H groups in total. The van der Waals surface area contributed by atoms with Gasteiger partial charge in [0.05, 0.1) is 17.8 Å². The van der Waals surface area contributed by atoms with Gasteiger partial charge in [-0.3, -0.25) is 4.68 Å². The fourth-order valence-corrected chi connectivity index (χ4v) is 3.00. The Balaban J connectivity index is 0.000000301. The number of anilines is 1. The van der Waals surface area contributed by atoms with Crippen LogP contribution in [0.25, 0.3) is 11.1 Å². The third-order valence-electron chi connectivity index (χ3n) is 4.45. The van der Waals surface area contributed by atoms with E-state index in [0.717, 1.165) is 29.7 Å². The number of nitriles is 1. The van der Waals surface area contributed by atoms with E-state index in [1.807, 2.05) is 25.5 Å². The summed E-state index contributed by atoms with van der Waals surface area (Å²) in [6.07, 6.45) is 10.3. The highest BCUT2D eigenvalue weighted by Crippen LogP contribution is 2.34. The number of hydrogen-bond donors (Lipinski definition) is 0. The SMILES string of the molecule is CCCCCC.CN1CCc2c(C#N)cc(-c3cnn(C)c3)cc21. The molecule has 0 radical (unpaired) electrons. The second-order valence-electron chi connectivity index (χ2n) is 6.41. The van der Waals surface area contributed by atoms with Crippen LogP contribution in [0.4, 0.5) is 5.69 Å². The second-order valence-corrected chi connectivity index (χ2v) is 6.41. The van der Waals surface area contributed by atoms with Gasteiger partial charge in [-0.05, 0) is 29.7 Å². The molecule has 0 fully saturated rings. The van der Waals surface area contributed by atoms with Crippen LogP contribution in [0.2, 0.25) is 0 Å². The zero-order chi connectivity index (χ0) is 17.5. The Morgan fingerprint density at radius 2 is 1.83 bits per heavy atom. The van der Waals surface area contributed by atoms with Crippen LogP contribution in [-0.2, 0) is 13.5 Å². The van der Waals surface area contributed by atoms with Gasteiger partial charge in [0, 0.05) is 38.1 Å². The van der Waals surface area contributed by atoms with Crippen molar-refractivity contribution in [2.45, 2.75) is 46.0 Å². The first-order valence-corrected chi connectivity index (χ1v) is 8.87. The highest BCUT2D eigenvalue weighted by molar-refractivity contribution is 5.75. The first kappa shape index (κ1) is 18.1. The minimum atomic E-state index is 0.788. The van der Waals surface area contributed by atoms with E-state index in [4.69, 9.17) is 0 Å². The number of unbranched alkanes of at least 4 members (excludes halogenated alkanes) is 3. The average molecular weight is 324 g/mol. The molecule has 1 aromatic heterocycles. The van der Waals surface area contributed by atoms with Gasteiger partial charge in [-0.15, -0.1) is 0 Å². The van der Waals surface area contributed by atoms with Crippen LogP contribution in [0.15, 0.2) is 24.5 Å². The van der Waals surface area contributed by atoms with E-state index in [1.165, 1.54) is 36.9 Å². The summed E-state index contributed by atoms with van der Waals surface area (Å²) in [6, 6.07) is 6.43. The molecule has 0 atom stereocenters. The van der Waals surface area contributed by atoms with Gasteiger partial charge in [0.25, 0.3) is 0 Å². The molecular weight excluding hydrogens is 296 g/mol. The summed E-state index contributed by atoms with van der Waals surface area (Å²) in [5, 5.41) is 13.5. The Labute approximate surface area is 145 Å². The van der Waals surface area contributed by atoms with E-state index in [2.05, 4.69) is 43.0 Å². The molecule has 0 saturated carbocycles. The predicted molar refractivity (Wildman–Crippen MR) is 100 cm³/mol. The van der Waals surface area contributed by atoms with Gasteiger partial charge >= 0.3 is 0 Å². The Hall–Kier alpha value is -2.28. The Bertz CT molecular complexity index is 705. The van der Waals surface area contributed by atoms with E-state index in [1.54, 1.807) is 4.68 Å². The standard InChI is InChI=1S/C14H14N4.C6H14/c1-17-4-3-13-11(7-15)5-10(6-14(13)17)12-8-16-18(2)9-12;1-3-5-6-4-2/h5-6,8-9H,3-4H2,1-2H3;3-6H2,1-2H3. The van der Waals surface area contributed by atoms with Crippen LogP contribution in [0.3, 0.4) is 0 Å². The molecule has 0 saturated heterocycles. The molecule has 128 valence electrons. The summed E-state index contributed by atoms with van der Waals surface area (Å²) in [7, 11) is 3.97. The van der Waals surface area contributed by atoms with Crippen molar-refractivity contribution in [1.29, 1.82) is 5.26 Å². The summed E-state index contributed by atoms with van der Waals surface area (Å²) in [5.41, 5.74) is 5.25. The molecule has 2 aromatic rings. The topological polar surface area (TPSA) is 44.9 Å². The summed E-state index contributed by atoms with van der Waals surface area (Å²) in [5.74, 6) is 0. The number of likely N-dealkylation sites (N-methyl/N-ethyl adjacent to an activating group) is 1. The van der Waals surface area contributed by atoms with E-state index >= 15 is 0 Å². The Kier molecular flexibility index (Phi) is 6.43. The molecule has 4 nitrogen and oxygen atoms in total. The molecule has 0 spiro atoms. The highest BCUT2D eigenvalue weighted by atomic mass is 15.2. The van der Waals surface area contributed by atoms with Gasteiger partial charge in [-0.1, -0.05) is 39.5 Å². The first-order valence-electron chi connectivity index (χ1n) is 8.87. The number of benzene rings is 1. The smallest absolute Gasteiger partial charge is 0.0995 e. The molecule has 0 aliphatic carbocycles. The van der Waals surface area contributed by atoms with E-state index in [9.17, 15) is 5.26 Å². The Morgan fingerprint density at radius 1 is 1.12 bits per heavy atom. The summed E-state index contributed by atoms with van der Waals surface area (Å²) in [6.45, 7) is 5.45. The molecule has 24 heavy (non-hydrogen) atoms. The molecule has 3 rings (SSSR count). The lowest BCUT2D eigenvalue weighted by Gasteiger charge is -2.13. The fourth-order valence-electron chi connectivity index (χ4n) is 3.00. The maximum absolute atomic E-state index is 9.28. The lowest BCUT2D eigenvalue weighted by atomic mass is 9.99. The lowest BCUT2D eigenvalue weighted by molar-refractivity contribution is 0.702. The Morgan fingerprint density at radius 3 is 2.38 bits per heavy atom. The van der Waals surface area contributed by atoms with Crippen LogP contribution in [0, 0.1) is 11.3 Å². The van der Waals surface area contributed by atoms with Crippen LogP contribution >= 0.6 is 0 Å². The zero-order valence-electron chi connectivity index (χ0n) is 15.3. The zero-order valence-corrected chi connectivity index (χ0v) is 15.3. The highest BCUT2D eigenvalue weighted by Gasteiger charge is 2.20. The number of hydrogen-bond acceptors (Lipinski definition) is 3. The van der Waals surface area contributed by atoms with E-state index < -0.39 is 0 Å². The van der Waals surface area contributed by atoms with Gasteiger partial charge < -0.3 is 4.90 Å². The van der Waals surface area contributed by atoms with Crippen molar-refractivity contribution in [3.63, 3.8) is 0 Å². The third-order valence-corrected chi connectivity index (χ3v) is 4.45. The quantitative estimate of drug-likeness (QED) is 0.776. The molecule has 1 aliphatic heterocycles. The normalized spacial score (nSPS) is 12.4. The molecule has 1 aliphatic rings. The summed E-state index contributed by atoms with van der Waals surface area (Å²) < 4.78 is 1.78. The number of aryl methyl sites for hydroxylation is 1. The van der Waals surface area contributed by atoms with Crippen molar-refractivity contribution in [2.24, 2.45) is 7.05 Å². The molecule has 0 unspecified atom stereocenters. The second kappa shape index (κ2) is 8.54. The largest absolute Gasteiger partial charge is 0.374 e. The van der Waals surface area contributed by atoms with Crippen molar-refractivity contribution in [3.8, 4) is 17.2 Å². The van der Waals surface area contributed by atoms with Crippen molar-refractivity contribution in [3.05, 3.63) is 35.7 Å². The first-order chi connectivity index (χ1) is 11.6. The molecular formula is C20H28N4. The molecule has 4 heteroatoms.